The van der Waals surface area contributed by atoms with Crippen LogP contribution in [-0.4, -0.2) is 44.3 Å². The van der Waals surface area contributed by atoms with E-state index in [1.807, 2.05) is 44.2 Å². The highest BCUT2D eigenvalue weighted by Crippen LogP contribution is 2.35. The molecule has 11 heteroatoms. The first-order valence-corrected chi connectivity index (χ1v) is 16.5. The molecule has 0 aliphatic rings. The van der Waals surface area contributed by atoms with Crippen molar-refractivity contribution in [3.8, 4) is 0 Å². The minimum Gasteiger partial charge on any atom is -0.354 e. The summed E-state index contributed by atoms with van der Waals surface area (Å²) in [6.45, 7) is 3.49. The van der Waals surface area contributed by atoms with Gasteiger partial charge in [-0.25, -0.2) is 12.8 Å². The van der Waals surface area contributed by atoms with E-state index in [4.69, 9.17) is 23.2 Å². The van der Waals surface area contributed by atoms with Crippen molar-refractivity contribution in [3.63, 3.8) is 0 Å². The van der Waals surface area contributed by atoms with Crippen molar-refractivity contribution in [2.45, 2.75) is 37.8 Å². The van der Waals surface area contributed by atoms with Crippen molar-refractivity contribution in [1.82, 2.24) is 10.2 Å². The molecule has 0 aliphatic heterocycles. The van der Waals surface area contributed by atoms with Crippen molar-refractivity contribution in [2.24, 2.45) is 5.92 Å². The Kier molecular flexibility index (Phi) is 11.6. The number of nitrogens with zero attached hydrogens (tertiary/aromatic N) is 2. The average molecular weight is 671 g/mol. The number of amides is 2. The van der Waals surface area contributed by atoms with Crippen molar-refractivity contribution in [2.75, 3.05) is 17.4 Å². The third kappa shape index (κ3) is 8.84. The molecule has 45 heavy (non-hydrogen) atoms. The lowest BCUT2D eigenvalue weighted by molar-refractivity contribution is -0.140. The number of nitrogens with one attached hydrogen (secondary N) is 1. The zero-order valence-corrected chi connectivity index (χ0v) is 27.2. The van der Waals surface area contributed by atoms with Gasteiger partial charge in [-0.2, -0.15) is 0 Å². The molecule has 0 heterocycles. The first kappa shape index (κ1) is 34.0. The normalized spacial score (nSPS) is 12.0. The summed E-state index contributed by atoms with van der Waals surface area (Å²) in [5.74, 6) is -1.39. The van der Waals surface area contributed by atoms with Crippen LogP contribution in [0.4, 0.5) is 10.1 Å². The molecule has 0 aromatic heterocycles. The van der Waals surface area contributed by atoms with E-state index < -0.39 is 40.2 Å². The molecule has 0 fully saturated rings. The van der Waals surface area contributed by atoms with Crippen LogP contribution in [0.1, 0.15) is 25.0 Å². The topological polar surface area (TPSA) is 86.8 Å². The van der Waals surface area contributed by atoms with Crippen molar-refractivity contribution in [3.05, 3.63) is 130 Å². The second-order valence-electron chi connectivity index (χ2n) is 10.9. The molecule has 0 radical (unpaired) electrons. The van der Waals surface area contributed by atoms with Gasteiger partial charge in [-0.3, -0.25) is 13.9 Å². The van der Waals surface area contributed by atoms with Crippen molar-refractivity contribution < 1.29 is 22.4 Å². The van der Waals surface area contributed by atoms with Crippen LogP contribution in [0.3, 0.4) is 0 Å². The number of sulfonamides is 1. The molecule has 1 N–H and O–H groups in total. The predicted octanol–water partition coefficient (Wildman–Crippen LogP) is 6.74. The molecular weight excluding hydrogens is 636 g/mol. The molecular formula is C34H34Cl2FN3O4S. The monoisotopic (exact) mass is 669 g/mol. The summed E-state index contributed by atoms with van der Waals surface area (Å²) in [5.41, 5.74) is 1.36. The fourth-order valence-corrected chi connectivity index (χ4v) is 6.58. The number of anilines is 1. The van der Waals surface area contributed by atoms with Gasteiger partial charge in [0, 0.05) is 19.5 Å². The molecule has 236 valence electrons. The number of benzene rings is 4. The maximum Gasteiger partial charge on any atom is 0.264 e. The second-order valence-corrected chi connectivity index (χ2v) is 13.5. The maximum atomic E-state index is 14.4. The Bertz CT molecular complexity index is 1710. The molecule has 0 spiro atoms. The highest BCUT2D eigenvalue weighted by atomic mass is 35.5. The molecule has 4 aromatic carbocycles. The van der Waals surface area contributed by atoms with E-state index >= 15 is 0 Å². The maximum absolute atomic E-state index is 14.4. The van der Waals surface area contributed by atoms with Gasteiger partial charge in [-0.05, 0) is 53.4 Å². The molecule has 0 saturated heterocycles. The van der Waals surface area contributed by atoms with Crippen LogP contribution in [-0.2, 0) is 32.6 Å². The fraction of sp³-hybridized carbons (Fsp3) is 0.235. The summed E-state index contributed by atoms with van der Waals surface area (Å²) in [5, 5.41) is 2.98. The Morgan fingerprint density at radius 3 is 2.07 bits per heavy atom. The van der Waals surface area contributed by atoms with E-state index in [9.17, 15) is 22.4 Å². The largest absolute Gasteiger partial charge is 0.354 e. The number of rotatable bonds is 13. The zero-order chi connectivity index (χ0) is 32.6. The van der Waals surface area contributed by atoms with E-state index in [1.165, 1.54) is 59.5 Å². The molecule has 0 saturated carbocycles. The summed E-state index contributed by atoms with van der Waals surface area (Å²) in [4.78, 5) is 29.5. The molecule has 4 rings (SSSR count). The van der Waals surface area contributed by atoms with Crippen LogP contribution in [0.2, 0.25) is 10.0 Å². The summed E-state index contributed by atoms with van der Waals surface area (Å²) in [6, 6.07) is 25.9. The van der Waals surface area contributed by atoms with Gasteiger partial charge < -0.3 is 10.2 Å². The smallest absolute Gasteiger partial charge is 0.264 e. The van der Waals surface area contributed by atoms with E-state index in [1.54, 1.807) is 18.2 Å². The van der Waals surface area contributed by atoms with Gasteiger partial charge >= 0.3 is 0 Å². The quantitative estimate of drug-likeness (QED) is 0.171. The summed E-state index contributed by atoms with van der Waals surface area (Å²) in [6.07, 6.45) is 0.154. The standard InChI is InChI=1S/C34H34Cl2FN3O4S/c1-24(2)21-38-34(42)31(20-25-10-5-3-6-11-25)39(22-26-16-18-27(37)19-17-26)32(41)23-40(30-15-9-14-29(35)33(30)36)45(43,44)28-12-7-4-8-13-28/h3-19,24,31H,20-23H2,1-2H3,(H,38,42). The number of halogens is 3. The van der Waals surface area contributed by atoms with Gasteiger partial charge in [-0.15, -0.1) is 0 Å². The Balaban J connectivity index is 1.82. The number of hydrogen-bond acceptors (Lipinski definition) is 4. The number of hydrogen-bond donors (Lipinski definition) is 1. The molecule has 0 aliphatic carbocycles. The first-order valence-electron chi connectivity index (χ1n) is 14.3. The van der Waals surface area contributed by atoms with E-state index in [0.717, 1.165) is 9.87 Å². The first-order chi connectivity index (χ1) is 21.5. The lowest BCUT2D eigenvalue weighted by Gasteiger charge is -2.34. The summed E-state index contributed by atoms with van der Waals surface area (Å²) >= 11 is 12.8. The van der Waals surface area contributed by atoms with Gasteiger partial charge in [-0.1, -0.05) is 104 Å². The lowest BCUT2D eigenvalue weighted by atomic mass is 10.0. The van der Waals surface area contributed by atoms with Crippen LogP contribution in [0.25, 0.3) is 0 Å². The third-order valence-electron chi connectivity index (χ3n) is 7.03. The van der Waals surface area contributed by atoms with Crippen molar-refractivity contribution >= 4 is 50.7 Å². The van der Waals surface area contributed by atoms with Gasteiger partial charge in [0.1, 0.15) is 18.4 Å². The molecule has 2 amide bonds. The van der Waals surface area contributed by atoms with Gasteiger partial charge in [0.05, 0.1) is 20.6 Å². The Morgan fingerprint density at radius 2 is 1.44 bits per heavy atom. The van der Waals surface area contributed by atoms with Crippen LogP contribution in [0.15, 0.2) is 108 Å². The molecule has 1 unspecified atom stereocenters. The van der Waals surface area contributed by atoms with Crippen LogP contribution in [0, 0.1) is 11.7 Å². The van der Waals surface area contributed by atoms with Crippen LogP contribution >= 0.6 is 23.2 Å². The van der Waals surface area contributed by atoms with Gasteiger partial charge in [0.2, 0.25) is 11.8 Å². The number of carbonyl (C=O) groups is 2. The Hall–Kier alpha value is -3.92. The van der Waals surface area contributed by atoms with E-state index in [-0.39, 0.29) is 39.5 Å². The molecule has 0 bridgehead atoms. The highest BCUT2D eigenvalue weighted by Gasteiger charge is 2.35. The lowest BCUT2D eigenvalue weighted by Crippen LogP contribution is -2.53. The minimum absolute atomic E-state index is 0.00645. The Morgan fingerprint density at radius 1 is 0.822 bits per heavy atom. The van der Waals surface area contributed by atoms with Gasteiger partial charge in [0.15, 0.2) is 0 Å². The average Bonchev–Trinajstić information content (AvgIpc) is 3.03. The minimum atomic E-state index is -4.33. The molecule has 1 atom stereocenters. The summed E-state index contributed by atoms with van der Waals surface area (Å²) < 4.78 is 42.8. The second kappa shape index (κ2) is 15.4. The molecule has 7 nitrogen and oxygen atoms in total. The van der Waals surface area contributed by atoms with Crippen LogP contribution in [0.5, 0.6) is 0 Å². The van der Waals surface area contributed by atoms with Gasteiger partial charge in [0.25, 0.3) is 10.0 Å². The Labute approximate surface area is 273 Å². The SMILES string of the molecule is CC(C)CNC(=O)C(Cc1ccccc1)N(Cc1ccc(F)cc1)C(=O)CN(c1cccc(Cl)c1Cl)S(=O)(=O)c1ccccc1. The third-order valence-corrected chi connectivity index (χ3v) is 9.61. The summed E-state index contributed by atoms with van der Waals surface area (Å²) in [7, 11) is -4.33. The number of carbonyl (C=O) groups excluding carboxylic acids is 2. The van der Waals surface area contributed by atoms with Crippen LogP contribution < -0.4 is 9.62 Å². The highest BCUT2D eigenvalue weighted by molar-refractivity contribution is 7.92. The van der Waals surface area contributed by atoms with E-state index in [2.05, 4.69) is 5.32 Å². The fourth-order valence-electron chi connectivity index (χ4n) is 4.68. The molecule has 4 aromatic rings. The predicted molar refractivity (Wildman–Crippen MR) is 176 cm³/mol. The van der Waals surface area contributed by atoms with E-state index in [0.29, 0.717) is 12.1 Å². The zero-order valence-electron chi connectivity index (χ0n) is 24.9. The van der Waals surface area contributed by atoms with Crippen molar-refractivity contribution in [1.29, 1.82) is 0 Å².